The molecule has 25 heavy (non-hydrogen) atoms. The van der Waals surface area contributed by atoms with Gasteiger partial charge < -0.3 is 15.0 Å². The molecule has 1 N–H and O–H groups in total. The Bertz CT molecular complexity index is 858. The predicted octanol–water partition coefficient (Wildman–Crippen LogP) is 3.52. The molecule has 0 atom stereocenters. The summed E-state index contributed by atoms with van der Waals surface area (Å²) in [5.74, 6) is -0.757. The Kier molecular flexibility index (Phi) is 5.26. The number of ether oxygens (including phenoxy) is 1. The quantitative estimate of drug-likeness (QED) is 0.737. The Morgan fingerprint density at radius 2 is 2.04 bits per heavy atom. The highest BCUT2D eigenvalue weighted by Gasteiger charge is 2.30. The van der Waals surface area contributed by atoms with E-state index < -0.39 is 5.97 Å². The first-order chi connectivity index (χ1) is 11.9. The van der Waals surface area contributed by atoms with Crippen LogP contribution in [0.5, 0.6) is 0 Å². The van der Waals surface area contributed by atoms with Crippen LogP contribution in [-0.2, 0) is 22.5 Å². The maximum atomic E-state index is 12.4. The van der Waals surface area contributed by atoms with Crippen molar-refractivity contribution in [2.24, 2.45) is 0 Å². The number of nitrogens with zero attached hydrogens (tertiary/aromatic N) is 1. The molecule has 3 heterocycles. The molecule has 0 saturated heterocycles. The van der Waals surface area contributed by atoms with Crippen molar-refractivity contribution >= 4 is 61.4 Å². The molecule has 2 aromatic rings. The molecule has 6 nitrogen and oxygen atoms in total. The number of nitrogens with one attached hydrogen (secondary N) is 1. The summed E-state index contributed by atoms with van der Waals surface area (Å²) in [6, 6.07) is 3.51. The van der Waals surface area contributed by atoms with E-state index >= 15 is 0 Å². The van der Waals surface area contributed by atoms with E-state index in [1.165, 1.54) is 36.7 Å². The summed E-state index contributed by atoms with van der Waals surface area (Å²) < 4.78 is 5.75. The Labute approximate surface area is 160 Å². The number of thiophene rings is 2. The third-order valence-corrected chi connectivity index (χ3v) is 6.67. The average molecular weight is 443 g/mol. The molecule has 1 aliphatic rings. The van der Waals surface area contributed by atoms with Gasteiger partial charge in [0.1, 0.15) is 5.00 Å². The molecule has 0 radical (unpaired) electrons. The lowest BCUT2D eigenvalue weighted by Gasteiger charge is -2.25. The van der Waals surface area contributed by atoms with Crippen molar-refractivity contribution in [2.45, 2.75) is 19.9 Å². The number of fused-ring (bicyclic) bond motifs is 1. The lowest BCUT2D eigenvalue weighted by atomic mass is 10.0. The molecular formula is C16H15BrN2O4S2. The minimum atomic E-state index is -0.476. The summed E-state index contributed by atoms with van der Waals surface area (Å²) in [7, 11) is 1.32. The zero-order chi connectivity index (χ0) is 18.1. The van der Waals surface area contributed by atoms with E-state index in [1.807, 2.05) is 0 Å². The average Bonchev–Trinajstić information content (AvgIpc) is 3.16. The van der Waals surface area contributed by atoms with E-state index in [4.69, 9.17) is 4.74 Å². The van der Waals surface area contributed by atoms with Crippen LogP contribution in [0.25, 0.3) is 0 Å². The number of hydrogen-bond acceptors (Lipinski definition) is 6. The first kappa shape index (κ1) is 18.1. The maximum absolute atomic E-state index is 12.4. The minimum Gasteiger partial charge on any atom is -0.465 e. The standard InChI is InChI=1S/C16H15BrN2O4S2/c1-8(20)19-6-5-9-11(7-19)25-15(13(9)16(22)23-2)18-14(21)10-3-4-12(17)24-10/h3-4H,5-7H2,1-2H3,(H,18,21). The van der Waals surface area contributed by atoms with Crippen molar-refractivity contribution in [1.29, 1.82) is 0 Å². The highest BCUT2D eigenvalue weighted by Crippen LogP contribution is 2.38. The molecule has 0 bridgehead atoms. The van der Waals surface area contributed by atoms with Crippen molar-refractivity contribution < 1.29 is 19.1 Å². The van der Waals surface area contributed by atoms with E-state index in [0.717, 1.165) is 14.2 Å². The summed E-state index contributed by atoms with van der Waals surface area (Å²) in [6.45, 7) is 2.52. The highest BCUT2D eigenvalue weighted by atomic mass is 79.9. The van der Waals surface area contributed by atoms with Gasteiger partial charge >= 0.3 is 5.97 Å². The van der Waals surface area contributed by atoms with Gasteiger partial charge in [-0.2, -0.15) is 0 Å². The normalized spacial score (nSPS) is 13.3. The van der Waals surface area contributed by atoms with Crippen LogP contribution in [-0.4, -0.2) is 36.3 Å². The predicted molar refractivity (Wildman–Crippen MR) is 100 cm³/mol. The van der Waals surface area contributed by atoms with Gasteiger partial charge in [-0.1, -0.05) is 0 Å². The molecule has 0 saturated carbocycles. The van der Waals surface area contributed by atoms with Crippen molar-refractivity contribution in [3.8, 4) is 0 Å². The summed E-state index contributed by atoms with van der Waals surface area (Å²) in [6.07, 6.45) is 0.566. The molecular weight excluding hydrogens is 428 g/mol. The smallest absolute Gasteiger partial charge is 0.341 e. The Hall–Kier alpha value is -1.71. The molecule has 3 rings (SSSR count). The number of carbonyl (C=O) groups is 3. The molecule has 2 aromatic heterocycles. The van der Waals surface area contributed by atoms with Gasteiger partial charge in [-0.05, 0) is 40.0 Å². The summed E-state index contributed by atoms with van der Waals surface area (Å²) in [5.41, 5.74) is 1.26. The highest BCUT2D eigenvalue weighted by molar-refractivity contribution is 9.11. The topological polar surface area (TPSA) is 75.7 Å². The van der Waals surface area contributed by atoms with Crippen molar-refractivity contribution in [3.05, 3.63) is 36.8 Å². The van der Waals surface area contributed by atoms with Gasteiger partial charge in [-0.25, -0.2) is 4.79 Å². The van der Waals surface area contributed by atoms with Gasteiger partial charge in [0, 0.05) is 18.3 Å². The summed E-state index contributed by atoms with van der Waals surface area (Å²) in [5, 5.41) is 3.29. The fourth-order valence-electron chi connectivity index (χ4n) is 2.68. The van der Waals surface area contributed by atoms with Crippen LogP contribution in [0.3, 0.4) is 0 Å². The number of carbonyl (C=O) groups excluding carboxylic acids is 3. The maximum Gasteiger partial charge on any atom is 0.341 e. The second kappa shape index (κ2) is 7.27. The van der Waals surface area contributed by atoms with E-state index in [9.17, 15) is 14.4 Å². The van der Waals surface area contributed by atoms with Gasteiger partial charge in [-0.15, -0.1) is 22.7 Å². The van der Waals surface area contributed by atoms with Gasteiger partial charge in [0.05, 0.1) is 27.9 Å². The molecule has 9 heteroatoms. The van der Waals surface area contributed by atoms with Gasteiger partial charge in [0.25, 0.3) is 5.91 Å². The number of rotatable bonds is 3. The van der Waals surface area contributed by atoms with Gasteiger partial charge in [0.2, 0.25) is 5.91 Å². The van der Waals surface area contributed by atoms with Crippen LogP contribution in [0.15, 0.2) is 15.9 Å². The first-order valence-corrected chi connectivity index (χ1v) is 9.88. The van der Waals surface area contributed by atoms with Gasteiger partial charge in [-0.3, -0.25) is 9.59 Å². The number of esters is 1. The zero-order valence-corrected chi connectivity index (χ0v) is 16.8. The van der Waals surface area contributed by atoms with E-state index in [-0.39, 0.29) is 11.8 Å². The largest absolute Gasteiger partial charge is 0.465 e. The molecule has 0 fully saturated rings. The van der Waals surface area contributed by atoms with Crippen LogP contribution in [0, 0.1) is 0 Å². The Morgan fingerprint density at radius 3 is 2.64 bits per heavy atom. The fourth-order valence-corrected chi connectivity index (χ4v) is 5.21. The minimum absolute atomic E-state index is 0.00677. The summed E-state index contributed by atoms with van der Waals surface area (Å²) >= 11 is 5.97. The molecule has 0 aromatic carbocycles. The van der Waals surface area contributed by atoms with Crippen LogP contribution < -0.4 is 5.32 Å². The molecule has 0 aliphatic carbocycles. The molecule has 1 aliphatic heterocycles. The molecule has 0 unspecified atom stereocenters. The lowest BCUT2D eigenvalue weighted by molar-refractivity contribution is -0.129. The second-order valence-electron chi connectivity index (χ2n) is 5.45. The SMILES string of the molecule is COC(=O)c1c(NC(=O)c2ccc(Br)s2)sc2c1CCN(C(C)=O)C2. The summed E-state index contributed by atoms with van der Waals surface area (Å²) in [4.78, 5) is 39.5. The van der Waals surface area contributed by atoms with Gasteiger partial charge in [0.15, 0.2) is 0 Å². The van der Waals surface area contributed by atoms with E-state index in [0.29, 0.717) is 35.0 Å². The number of halogens is 1. The number of anilines is 1. The molecule has 0 spiro atoms. The number of hydrogen-bond donors (Lipinski definition) is 1. The Balaban J connectivity index is 1.94. The van der Waals surface area contributed by atoms with Crippen LogP contribution >= 0.6 is 38.6 Å². The van der Waals surface area contributed by atoms with Crippen LogP contribution in [0.1, 0.15) is 37.4 Å². The fraction of sp³-hybridized carbons (Fsp3) is 0.312. The van der Waals surface area contributed by atoms with E-state index in [2.05, 4.69) is 21.2 Å². The van der Waals surface area contributed by atoms with Crippen molar-refractivity contribution in [2.75, 3.05) is 19.0 Å². The monoisotopic (exact) mass is 442 g/mol. The third kappa shape index (κ3) is 3.63. The number of methoxy groups -OCH3 is 1. The first-order valence-electron chi connectivity index (χ1n) is 7.45. The molecule has 132 valence electrons. The van der Waals surface area contributed by atoms with Crippen molar-refractivity contribution in [1.82, 2.24) is 4.90 Å². The second-order valence-corrected chi connectivity index (χ2v) is 9.02. The van der Waals surface area contributed by atoms with Crippen LogP contribution in [0.2, 0.25) is 0 Å². The van der Waals surface area contributed by atoms with Crippen LogP contribution in [0.4, 0.5) is 5.00 Å². The zero-order valence-electron chi connectivity index (χ0n) is 13.6. The third-order valence-electron chi connectivity index (χ3n) is 3.92. The lowest BCUT2D eigenvalue weighted by Crippen LogP contribution is -2.33. The Morgan fingerprint density at radius 1 is 1.28 bits per heavy atom. The van der Waals surface area contributed by atoms with Crippen molar-refractivity contribution in [3.63, 3.8) is 0 Å². The number of amides is 2. The molecule has 2 amide bonds. The van der Waals surface area contributed by atoms with E-state index in [1.54, 1.807) is 17.0 Å².